The molecular formula is C24H21F5N4O3. The Bertz CT molecular complexity index is 1280. The Hall–Kier alpha value is -4.06. The van der Waals surface area contributed by atoms with Crippen molar-refractivity contribution in [3.8, 4) is 11.1 Å². The number of rotatable bonds is 7. The summed E-state index contributed by atoms with van der Waals surface area (Å²) in [5.74, 6) is -4.10. The summed E-state index contributed by atoms with van der Waals surface area (Å²) in [5.41, 5.74) is 7.07. The van der Waals surface area contributed by atoms with E-state index in [2.05, 4.69) is 10.3 Å². The van der Waals surface area contributed by atoms with Crippen LogP contribution in [-0.2, 0) is 11.2 Å². The summed E-state index contributed by atoms with van der Waals surface area (Å²) in [6.45, 7) is 0.273. The van der Waals surface area contributed by atoms with E-state index in [1.165, 1.54) is 18.3 Å². The molecule has 0 aliphatic heterocycles. The predicted molar refractivity (Wildman–Crippen MR) is 122 cm³/mol. The number of aromatic nitrogens is 1. The second-order valence-electron chi connectivity index (χ2n) is 7.77. The number of amides is 2. The third kappa shape index (κ3) is 6.54. The Morgan fingerprint density at radius 1 is 1.08 bits per heavy atom. The first kappa shape index (κ1) is 26.5. The molecule has 3 aromatic rings. The molecule has 1 heterocycles. The Labute approximate surface area is 202 Å². The lowest BCUT2D eigenvalue weighted by molar-refractivity contribution is -0.124. The van der Waals surface area contributed by atoms with E-state index in [-0.39, 0.29) is 22.6 Å². The van der Waals surface area contributed by atoms with Gasteiger partial charge in [0.25, 0.3) is 11.8 Å². The monoisotopic (exact) mass is 508 g/mol. The van der Waals surface area contributed by atoms with Crippen molar-refractivity contribution in [3.63, 3.8) is 0 Å². The molecule has 190 valence electrons. The fourth-order valence-electron chi connectivity index (χ4n) is 3.42. The summed E-state index contributed by atoms with van der Waals surface area (Å²) >= 11 is 0. The van der Waals surface area contributed by atoms with E-state index in [9.17, 15) is 36.6 Å². The minimum atomic E-state index is -4.60. The molecule has 0 aliphatic rings. The summed E-state index contributed by atoms with van der Waals surface area (Å²) < 4.78 is 64.2. The Kier molecular flexibility index (Phi) is 7.88. The number of halogens is 5. The van der Waals surface area contributed by atoms with Gasteiger partial charge in [-0.2, -0.15) is 13.2 Å². The van der Waals surface area contributed by atoms with Gasteiger partial charge < -0.3 is 21.5 Å². The van der Waals surface area contributed by atoms with Crippen molar-refractivity contribution in [2.75, 3.05) is 17.6 Å². The molecule has 2 amide bonds. The van der Waals surface area contributed by atoms with Crippen LogP contribution in [0.25, 0.3) is 11.1 Å². The van der Waals surface area contributed by atoms with Crippen molar-refractivity contribution in [2.45, 2.75) is 25.6 Å². The summed E-state index contributed by atoms with van der Waals surface area (Å²) in [4.78, 5) is 28.5. The highest BCUT2D eigenvalue weighted by molar-refractivity contribution is 5.99. The van der Waals surface area contributed by atoms with Crippen LogP contribution in [0, 0.1) is 11.6 Å². The van der Waals surface area contributed by atoms with Gasteiger partial charge in [0.1, 0.15) is 24.0 Å². The van der Waals surface area contributed by atoms with Gasteiger partial charge in [-0.25, -0.2) is 13.8 Å². The molecule has 0 saturated heterocycles. The van der Waals surface area contributed by atoms with Gasteiger partial charge in [0.05, 0.1) is 5.56 Å². The van der Waals surface area contributed by atoms with Crippen molar-refractivity contribution < 1.29 is 36.6 Å². The van der Waals surface area contributed by atoms with E-state index in [0.29, 0.717) is 29.2 Å². The van der Waals surface area contributed by atoms with Crippen molar-refractivity contribution in [3.05, 3.63) is 77.0 Å². The molecule has 0 unspecified atom stereocenters. The van der Waals surface area contributed by atoms with E-state index >= 15 is 0 Å². The normalized spacial score (nSPS) is 12.2. The number of pyridine rings is 1. The molecule has 5 N–H and O–H groups in total. The Morgan fingerprint density at radius 2 is 1.75 bits per heavy atom. The summed E-state index contributed by atoms with van der Waals surface area (Å²) in [6, 6.07) is 8.22. The number of carbonyl (C=O) groups excluding carboxylic acids is 2. The van der Waals surface area contributed by atoms with E-state index < -0.39 is 42.3 Å². The predicted octanol–water partition coefficient (Wildman–Crippen LogP) is 4.14. The van der Waals surface area contributed by atoms with Crippen LogP contribution < -0.4 is 16.4 Å². The van der Waals surface area contributed by atoms with Gasteiger partial charge in [-0.3, -0.25) is 9.59 Å². The lowest BCUT2D eigenvalue weighted by Gasteiger charge is -2.15. The number of aliphatic hydroxyl groups excluding tert-OH is 1. The highest BCUT2D eigenvalue weighted by Crippen LogP contribution is 2.29. The molecule has 1 aromatic heterocycles. The number of nitrogens with one attached hydrogen (secondary N) is 2. The number of carbonyl (C=O) groups is 2. The van der Waals surface area contributed by atoms with Crippen LogP contribution in [0.15, 0.2) is 48.7 Å². The first-order chi connectivity index (χ1) is 16.9. The van der Waals surface area contributed by atoms with Gasteiger partial charge in [0.2, 0.25) is 0 Å². The molecular weight excluding hydrogens is 487 g/mol. The number of hydrogen-bond donors (Lipinski definition) is 4. The second kappa shape index (κ2) is 10.7. The first-order valence-corrected chi connectivity index (χ1v) is 10.6. The number of hydrogen-bond acceptors (Lipinski definition) is 5. The number of nitrogen functional groups attached to an aromatic ring is 1. The number of nitrogens with zero attached hydrogens (tertiary/aromatic N) is 1. The average molecular weight is 508 g/mol. The Morgan fingerprint density at radius 3 is 2.36 bits per heavy atom. The van der Waals surface area contributed by atoms with Crippen LogP contribution in [0.4, 0.5) is 33.5 Å². The molecule has 0 aliphatic carbocycles. The zero-order valence-corrected chi connectivity index (χ0v) is 18.8. The second-order valence-corrected chi connectivity index (χ2v) is 7.77. The van der Waals surface area contributed by atoms with Crippen molar-refractivity contribution in [1.29, 1.82) is 0 Å². The van der Waals surface area contributed by atoms with Crippen LogP contribution in [0.3, 0.4) is 0 Å². The third-order valence-electron chi connectivity index (χ3n) is 5.13. The molecule has 0 bridgehead atoms. The number of nitrogens with two attached hydrogens (primary N) is 1. The molecule has 1 atom stereocenters. The van der Waals surface area contributed by atoms with E-state index in [4.69, 9.17) is 5.73 Å². The largest absolute Gasteiger partial charge is 0.405 e. The molecule has 12 heteroatoms. The Balaban J connectivity index is 1.83. The maximum Gasteiger partial charge on any atom is 0.405 e. The van der Waals surface area contributed by atoms with Crippen molar-refractivity contribution >= 4 is 23.3 Å². The quantitative estimate of drug-likeness (QED) is 0.358. The van der Waals surface area contributed by atoms with Crippen LogP contribution in [0.1, 0.15) is 34.5 Å². The maximum absolute atomic E-state index is 13.4. The van der Waals surface area contributed by atoms with E-state index in [0.717, 1.165) is 12.1 Å². The number of aryl methyl sites for hydroxylation is 1. The van der Waals surface area contributed by atoms with Gasteiger partial charge in [-0.15, -0.1) is 0 Å². The van der Waals surface area contributed by atoms with Gasteiger partial charge in [0, 0.05) is 23.5 Å². The van der Waals surface area contributed by atoms with E-state index in [1.54, 1.807) is 24.4 Å². The van der Waals surface area contributed by atoms with Gasteiger partial charge in [-0.05, 0) is 53.4 Å². The molecule has 0 radical (unpaired) electrons. The van der Waals surface area contributed by atoms with E-state index in [1.807, 2.05) is 0 Å². The number of benzene rings is 2. The number of alkyl halides is 3. The van der Waals surface area contributed by atoms with Gasteiger partial charge >= 0.3 is 6.18 Å². The number of aliphatic hydroxyl groups is 1. The standard InChI is InChI=1S/C24H21F5N4O3/c1-2-12-7-17(33-23(36)20(34)13-5-15(25)9-16(26)6-13)3-4-18(12)14-8-19(21(30)31-10-14)22(35)32-11-24(27,28)29/h3-10,20,34H,2,11H2,1H3,(H2,30,31)(H,32,35)(H,33,36)/t20-/m1/s1. The molecule has 0 saturated carbocycles. The fraction of sp³-hybridized carbons (Fsp3) is 0.208. The summed E-state index contributed by atoms with van der Waals surface area (Å²) in [6.07, 6.45) is -4.64. The minimum absolute atomic E-state index is 0.235. The van der Waals surface area contributed by atoms with Crippen LogP contribution in [-0.4, -0.2) is 34.6 Å². The highest BCUT2D eigenvalue weighted by atomic mass is 19.4. The lowest BCUT2D eigenvalue weighted by Crippen LogP contribution is -2.34. The first-order valence-electron chi connectivity index (χ1n) is 10.6. The van der Waals surface area contributed by atoms with Gasteiger partial charge in [-0.1, -0.05) is 13.0 Å². The summed E-state index contributed by atoms with van der Waals surface area (Å²) in [7, 11) is 0. The minimum Gasteiger partial charge on any atom is -0.383 e. The number of anilines is 2. The van der Waals surface area contributed by atoms with Crippen LogP contribution in [0.2, 0.25) is 0 Å². The molecule has 3 rings (SSSR count). The smallest absolute Gasteiger partial charge is 0.383 e. The molecule has 36 heavy (non-hydrogen) atoms. The van der Waals surface area contributed by atoms with Crippen molar-refractivity contribution in [2.24, 2.45) is 0 Å². The zero-order chi connectivity index (χ0) is 26.6. The molecule has 2 aromatic carbocycles. The van der Waals surface area contributed by atoms with Gasteiger partial charge in [0.15, 0.2) is 6.10 Å². The molecule has 7 nitrogen and oxygen atoms in total. The lowest BCUT2D eigenvalue weighted by atomic mass is 9.97. The highest BCUT2D eigenvalue weighted by Gasteiger charge is 2.28. The SMILES string of the molecule is CCc1cc(NC(=O)[C@H](O)c2cc(F)cc(F)c2)ccc1-c1cnc(N)c(C(=O)NCC(F)(F)F)c1. The molecule has 0 fully saturated rings. The third-order valence-corrected chi connectivity index (χ3v) is 5.13. The van der Waals surface area contributed by atoms with Crippen molar-refractivity contribution in [1.82, 2.24) is 10.3 Å². The van der Waals surface area contributed by atoms with Crippen LogP contribution in [0.5, 0.6) is 0 Å². The molecule has 0 spiro atoms. The topological polar surface area (TPSA) is 117 Å². The fourth-order valence-corrected chi connectivity index (χ4v) is 3.42. The van der Waals surface area contributed by atoms with Crippen LogP contribution >= 0.6 is 0 Å². The summed E-state index contributed by atoms with van der Waals surface area (Å²) in [5, 5.41) is 14.4. The maximum atomic E-state index is 13.4. The zero-order valence-electron chi connectivity index (χ0n) is 18.8. The average Bonchev–Trinajstić information content (AvgIpc) is 2.81.